The first-order chi connectivity index (χ1) is 17.5. The van der Waals surface area contributed by atoms with Crippen molar-refractivity contribution in [3.8, 4) is 22.5 Å². The molecule has 4 rings (SSSR count). The number of anilines is 1. The second-order valence-corrected chi connectivity index (χ2v) is 10.5. The number of ether oxygens (including phenoxy) is 1. The number of thiophene rings is 2. The van der Waals surface area contributed by atoms with Gasteiger partial charge >= 0.3 is 5.97 Å². The third-order valence-corrected chi connectivity index (χ3v) is 8.17. The number of benzene rings is 1. The second kappa shape index (κ2) is 12.2. The van der Waals surface area contributed by atoms with Gasteiger partial charge in [0.25, 0.3) is 0 Å². The fraction of sp³-hybridized carbons (Fsp3) is 0.231. The first-order valence-electron chi connectivity index (χ1n) is 11.4. The van der Waals surface area contributed by atoms with E-state index < -0.39 is 5.97 Å². The Bertz CT molecular complexity index is 1360. The Morgan fingerprint density at radius 3 is 2.64 bits per heavy atom. The SMILES string of the molecule is C=CCn1c(SCC(=O)Nc2scc(-c3ccccc3)c2C(=O)OCC)nnc1-c1csc(CC)c1. The van der Waals surface area contributed by atoms with E-state index in [0.717, 1.165) is 28.9 Å². The van der Waals surface area contributed by atoms with E-state index >= 15 is 0 Å². The van der Waals surface area contributed by atoms with E-state index in [1.54, 1.807) is 24.3 Å². The summed E-state index contributed by atoms with van der Waals surface area (Å²) in [6, 6.07) is 11.7. The van der Waals surface area contributed by atoms with E-state index in [9.17, 15) is 9.59 Å². The summed E-state index contributed by atoms with van der Waals surface area (Å²) in [7, 11) is 0. The molecule has 3 heterocycles. The average molecular weight is 539 g/mol. The van der Waals surface area contributed by atoms with Gasteiger partial charge in [-0.3, -0.25) is 9.36 Å². The minimum Gasteiger partial charge on any atom is -0.462 e. The Kier molecular flexibility index (Phi) is 8.74. The minimum atomic E-state index is -0.460. The summed E-state index contributed by atoms with van der Waals surface area (Å²) in [4.78, 5) is 26.9. The van der Waals surface area contributed by atoms with Crippen molar-refractivity contribution >= 4 is 51.3 Å². The number of hydrogen-bond donors (Lipinski definition) is 1. The zero-order valence-corrected chi connectivity index (χ0v) is 22.5. The Morgan fingerprint density at radius 1 is 1.14 bits per heavy atom. The molecular formula is C26H26N4O3S3. The summed E-state index contributed by atoms with van der Waals surface area (Å²) in [5, 5.41) is 16.6. The molecule has 1 N–H and O–H groups in total. The summed E-state index contributed by atoms with van der Waals surface area (Å²) < 4.78 is 7.23. The summed E-state index contributed by atoms with van der Waals surface area (Å²) in [6.45, 7) is 8.50. The van der Waals surface area contributed by atoms with Gasteiger partial charge in [-0.15, -0.1) is 39.4 Å². The molecule has 1 amide bonds. The van der Waals surface area contributed by atoms with Crippen molar-refractivity contribution in [3.63, 3.8) is 0 Å². The van der Waals surface area contributed by atoms with E-state index in [1.165, 1.54) is 28.0 Å². The summed E-state index contributed by atoms with van der Waals surface area (Å²) in [5.74, 6) is 0.160. The van der Waals surface area contributed by atoms with E-state index in [-0.39, 0.29) is 18.3 Å². The van der Waals surface area contributed by atoms with Gasteiger partial charge < -0.3 is 10.1 Å². The first-order valence-corrected chi connectivity index (χ1v) is 14.2. The maximum atomic E-state index is 12.9. The molecule has 0 saturated carbocycles. The molecule has 0 spiro atoms. The average Bonchev–Trinajstić information content (AvgIpc) is 3.62. The lowest BCUT2D eigenvalue weighted by molar-refractivity contribution is -0.113. The van der Waals surface area contributed by atoms with Crippen LogP contribution in [-0.4, -0.2) is 39.0 Å². The molecule has 0 unspecified atom stereocenters. The smallest absolute Gasteiger partial charge is 0.341 e. The zero-order valence-electron chi connectivity index (χ0n) is 20.0. The number of rotatable bonds is 11. The predicted molar refractivity (Wildman–Crippen MR) is 148 cm³/mol. The van der Waals surface area contributed by atoms with Gasteiger partial charge in [-0.2, -0.15) is 0 Å². The van der Waals surface area contributed by atoms with E-state index in [2.05, 4.69) is 40.5 Å². The maximum Gasteiger partial charge on any atom is 0.341 e. The molecular weight excluding hydrogens is 513 g/mol. The molecule has 0 bridgehead atoms. The second-order valence-electron chi connectivity index (χ2n) is 7.64. The van der Waals surface area contributed by atoms with Gasteiger partial charge in [0.2, 0.25) is 5.91 Å². The molecule has 10 heteroatoms. The monoisotopic (exact) mass is 538 g/mol. The molecule has 0 atom stereocenters. The highest BCUT2D eigenvalue weighted by atomic mass is 32.2. The van der Waals surface area contributed by atoms with Crippen LogP contribution in [0.15, 0.2) is 65.0 Å². The number of allylic oxidation sites excluding steroid dienone is 1. The number of carbonyl (C=O) groups excluding carboxylic acids is 2. The van der Waals surface area contributed by atoms with Gasteiger partial charge in [0.15, 0.2) is 11.0 Å². The molecule has 7 nitrogen and oxygen atoms in total. The summed E-state index contributed by atoms with van der Waals surface area (Å²) >= 11 is 4.29. The maximum absolute atomic E-state index is 12.9. The van der Waals surface area contributed by atoms with Crippen molar-refractivity contribution in [1.29, 1.82) is 0 Å². The highest BCUT2D eigenvalue weighted by Gasteiger charge is 2.23. The van der Waals surface area contributed by atoms with Crippen LogP contribution in [0.5, 0.6) is 0 Å². The lowest BCUT2D eigenvalue weighted by atomic mass is 10.0. The van der Waals surface area contributed by atoms with Crippen molar-refractivity contribution in [2.75, 3.05) is 17.7 Å². The third-order valence-electron chi connectivity index (χ3n) is 5.23. The number of nitrogens with zero attached hydrogens (tertiary/aromatic N) is 3. The number of aryl methyl sites for hydroxylation is 1. The van der Waals surface area contributed by atoms with Crippen LogP contribution in [-0.2, 0) is 22.5 Å². The number of thioether (sulfide) groups is 1. The molecule has 0 aliphatic carbocycles. The van der Waals surface area contributed by atoms with Crippen LogP contribution in [0.3, 0.4) is 0 Å². The Labute approximate surface area is 222 Å². The van der Waals surface area contributed by atoms with Gasteiger partial charge in [0.1, 0.15) is 10.6 Å². The molecule has 186 valence electrons. The highest BCUT2D eigenvalue weighted by Crippen LogP contribution is 2.36. The van der Waals surface area contributed by atoms with Crippen LogP contribution in [0.1, 0.15) is 29.1 Å². The fourth-order valence-corrected chi connectivity index (χ4v) is 6.10. The molecule has 0 saturated heterocycles. The zero-order chi connectivity index (χ0) is 25.5. The molecule has 4 aromatic rings. The Hall–Kier alpha value is -3.21. The number of nitrogens with one attached hydrogen (secondary N) is 1. The fourth-order valence-electron chi connectivity index (χ4n) is 3.56. The molecule has 0 radical (unpaired) electrons. The van der Waals surface area contributed by atoms with Gasteiger partial charge in [0, 0.05) is 33.3 Å². The van der Waals surface area contributed by atoms with Crippen LogP contribution in [0.4, 0.5) is 5.00 Å². The lowest BCUT2D eigenvalue weighted by Gasteiger charge is -2.09. The van der Waals surface area contributed by atoms with Crippen molar-refractivity contribution in [2.24, 2.45) is 0 Å². The number of aromatic nitrogens is 3. The van der Waals surface area contributed by atoms with Gasteiger partial charge in [-0.1, -0.05) is 55.1 Å². The molecule has 0 aliphatic rings. The van der Waals surface area contributed by atoms with Gasteiger partial charge in [-0.25, -0.2) is 4.79 Å². The standard InChI is InChI=1S/C26H26N4O3S3/c1-4-12-30-23(18-13-19(5-2)34-14-18)28-29-26(30)36-16-21(31)27-24-22(25(32)33-6-3)20(15-35-24)17-10-8-7-9-11-17/h4,7-11,13-15H,1,5-6,12,16H2,2-3H3,(H,27,31). The number of carbonyl (C=O) groups is 2. The first kappa shape index (κ1) is 25.9. The topological polar surface area (TPSA) is 86.1 Å². The van der Waals surface area contributed by atoms with Gasteiger partial charge in [0.05, 0.1) is 12.4 Å². The quantitative estimate of drug-likeness (QED) is 0.135. The highest BCUT2D eigenvalue weighted by molar-refractivity contribution is 7.99. The van der Waals surface area contributed by atoms with E-state index in [0.29, 0.717) is 22.3 Å². The van der Waals surface area contributed by atoms with Crippen molar-refractivity contribution in [1.82, 2.24) is 14.8 Å². The Morgan fingerprint density at radius 2 is 1.94 bits per heavy atom. The van der Waals surface area contributed by atoms with Crippen molar-refractivity contribution in [3.05, 3.63) is 70.3 Å². The molecule has 0 fully saturated rings. The summed E-state index contributed by atoms with van der Waals surface area (Å²) in [5.41, 5.74) is 3.00. The van der Waals surface area contributed by atoms with Crippen molar-refractivity contribution in [2.45, 2.75) is 32.0 Å². The predicted octanol–water partition coefficient (Wildman–Crippen LogP) is 6.39. The largest absolute Gasteiger partial charge is 0.462 e. The van der Waals surface area contributed by atoms with Crippen LogP contribution in [0, 0.1) is 0 Å². The lowest BCUT2D eigenvalue weighted by Crippen LogP contribution is -2.17. The molecule has 0 aliphatic heterocycles. The number of hydrogen-bond acceptors (Lipinski definition) is 8. The third kappa shape index (κ3) is 5.77. The van der Waals surface area contributed by atoms with Crippen LogP contribution >= 0.6 is 34.4 Å². The Balaban J connectivity index is 1.51. The normalized spacial score (nSPS) is 10.8. The van der Waals surface area contributed by atoms with Crippen molar-refractivity contribution < 1.29 is 14.3 Å². The van der Waals surface area contributed by atoms with E-state index in [1.807, 2.05) is 40.3 Å². The summed E-state index contributed by atoms with van der Waals surface area (Å²) in [6.07, 6.45) is 2.75. The molecule has 1 aromatic carbocycles. The van der Waals surface area contributed by atoms with Gasteiger partial charge in [-0.05, 0) is 25.0 Å². The van der Waals surface area contributed by atoms with Crippen LogP contribution in [0.2, 0.25) is 0 Å². The number of esters is 1. The van der Waals surface area contributed by atoms with Crippen LogP contribution in [0.25, 0.3) is 22.5 Å². The molecule has 36 heavy (non-hydrogen) atoms. The van der Waals surface area contributed by atoms with E-state index in [4.69, 9.17) is 4.74 Å². The molecule has 3 aromatic heterocycles. The number of amides is 1. The minimum absolute atomic E-state index is 0.111. The van der Waals surface area contributed by atoms with Crippen LogP contribution < -0.4 is 5.32 Å².